The molecule has 0 bridgehead atoms. The summed E-state index contributed by atoms with van der Waals surface area (Å²) in [6.45, 7) is 0. The van der Waals surface area contributed by atoms with E-state index < -0.39 is 0 Å². The van der Waals surface area contributed by atoms with E-state index in [2.05, 4.69) is 15.9 Å². The predicted molar refractivity (Wildman–Crippen MR) is 23.8 cm³/mol. The van der Waals surface area contributed by atoms with Gasteiger partial charge >= 0.3 is 29.6 Å². The fraction of sp³-hybridized carbons (Fsp3) is 0. The van der Waals surface area contributed by atoms with Crippen LogP contribution in [0.15, 0.2) is 0 Å². The summed E-state index contributed by atoms with van der Waals surface area (Å²) in [5.74, 6) is 0. The standard InChI is InChI=1S/ClH2OP.Na.H/c1-2-3;;/h3H2;;. The first-order valence-corrected chi connectivity index (χ1v) is 1.17. The van der Waals surface area contributed by atoms with Crippen LogP contribution < -0.4 is 0 Å². The molecule has 0 aromatic rings. The van der Waals surface area contributed by atoms with Crippen LogP contribution in [0.3, 0.4) is 0 Å². The Hall–Kier alpha value is 1.68. The van der Waals surface area contributed by atoms with Crippen LogP contribution in [-0.4, -0.2) is 29.6 Å². The van der Waals surface area contributed by atoms with E-state index in [1.165, 1.54) is 0 Å². The number of hydrogen-bond donors (Lipinski definition) is 0. The van der Waals surface area contributed by atoms with Gasteiger partial charge in [-0.3, -0.25) is 4.08 Å². The maximum atomic E-state index is 4.46. The van der Waals surface area contributed by atoms with Crippen molar-refractivity contribution in [3.8, 4) is 0 Å². The molecule has 0 aliphatic heterocycles. The SMILES string of the molecule is POCl.[NaH]. The van der Waals surface area contributed by atoms with Crippen LogP contribution in [0.5, 0.6) is 0 Å². The van der Waals surface area contributed by atoms with E-state index in [0.29, 0.717) is 0 Å². The Labute approximate surface area is 54.8 Å². The van der Waals surface area contributed by atoms with Gasteiger partial charge in [0.1, 0.15) is 0 Å². The van der Waals surface area contributed by atoms with Crippen molar-refractivity contribution in [1.29, 1.82) is 0 Å². The van der Waals surface area contributed by atoms with E-state index in [-0.39, 0.29) is 29.6 Å². The minimum absolute atomic E-state index is 0. The van der Waals surface area contributed by atoms with E-state index in [1.54, 1.807) is 0 Å². The molecule has 4 heteroatoms. The molecule has 0 N–H and O–H groups in total. The summed E-state index contributed by atoms with van der Waals surface area (Å²) in [5.41, 5.74) is 0. The summed E-state index contributed by atoms with van der Waals surface area (Å²) in [5, 5.41) is 0. The van der Waals surface area contributed by atoms with Crippen molar-refractivity contribution in [3.05, 3.63) is 0 Å². The summed E-state index contributed by atoms with van der Waals surface area (Å²) < 4.78 is 3.64. The molecular weight excluding hydrogens is 105 g/mol. The Balaban J connectivity index is 0. The second-order valence-electron chi connectivity index (χ2n) is 0.0891. The van der Waals surface area contributed by atoms with Gasteiger partial charge in [-0.25, -0.2) is 0 Å². The molecule has 1 nitrogen and oxygen atoms in total. The van der Waals surface area contributed by atoms with E-state index in [1.807, 2.05) is 9.47 Å². The molecular formula is H3ClNaOP. The van der Waals surface area contributed by atoms with Gasteiger partial charge in [-0.05, 0) is 0 Å². The van der Waals surface area contributed by atoms with Gasteiger partial charge in [0, 0.05) is 9.47 Å². The average Bonchev–Trinajstić information content (AvgIpc) is 0.918. The van der Waals surface area contributed by atoms with Gasteiger partial charge in [-0.1, -0.05) is 0 Å². The monoisotopic (exact) mass is 108 g/mol. The topological polar surface area (TPSA) is 9.23 Å². The Bertz CT molecular complexity index is 8.00. The first-order chi connectivity index (χ1) is 1.41. The molecule has 0 rings (SSSR count). The fourth-order valence-corrected chi connectivity index (χ4v) is 0. The van der Waals surface area contributed by atoms with Gasteiger partial charge < -0.3 is 0 Å². The van der Waals surface area contributed by atoms with Crippen molar-refractivity contribution in [3.63, 3.8) is 0 Å². The van der Waals surface area contributed by atoms with E-state index >= 15 is 0 Å². The van der Waals surface area contributed by atoms with Crippen LogP contribution in [0, 0.1) is 0 Å². The molecule has 1 unspecified atom stereocenters. The third-order valence-corrected chi connectivity index (χ3v) is 0. The van der Waals surface area contributed by atoms with Crippen molar-refractivity contribution < 1.29 is 4.08 Å². The normalized spacial score (nSPS) is 4.50. The molecule has 0 aliphatic carbocycles. The van der Waals surface area contributed by atoms with Gasteiger partial charge in [-0.2, -0.15) is 0 Å². The second-order valence-corrected chi connectivity index (χ2v) is 0.802. The quantitative estimate of drug-likeness (QED) is 0.320. The van der Waals surface area contributed by atoms with Crippen molar-refractivity contribution in [2.24, 2.45) is 0 Å². The molecule has 0 spiro atoms. The van der Waals surface area contributed by atoms with Gasteiger partial charge in [0.2, 0.25) is 0 Å². The molecule has 0 aromatic heterocycles. The molecule has 0 aliphatic rings. The van der Waals surface area contributed by atoms with Crippen molar-refractivity contribution in [1.82, 2.24) is 0 Å². The average molecular weight is 108 g/mol. The molecule has 0 amide bonds. The predicted octanol–water partition coefficient (Wildman–Crippen LogP) is 0.298. The first-order valence-electron chi connectivity index (χ1n) is 0.390. The fourth-order valence-electron chi connectivity index (χ4n) is 0. The third-order valence-electron chi connectivity index (χ3n) is 0. The van der Waals surface area contributed by atoms with Crippen LogP contribution >= 0.6 is 21.3 Å². The van der Waals surface area contributed by atoms with E-state index in [9.17, 15) is 0 Å². The molecule has 0 saturated heterocycles. The van der Waals surface area contributed by atoms with Gasteiger partial charge in [-0.15, -0.1) is 0 Å². The molecule has 0 aromatic carbocycles. The third kappa shape index (κ3) is 9.36. The Morgan fingerprint density at radius 2 is 1.75 bits per heavy atom. The van der Waals surface area contributed by atoms with Crippen LogP contribution in [0.25, 0.3) is 0 Å². The van der Waals surface area contributed by atoms with Crippen LogP contribution in [0.2, 0.25) is 0 Å². The Kier molecular flexibility index (Phi) is 20.3. The van der Waals surface area contributed by atoms with E-state index in [0.717, 1.165) is 0 Å². The van der Waals surface area contributed by atoms with Crippen molar-refractivity contribution in [2.45, 2.75) is 0 Å². The van der Waals surface area contributed by atoms with Gasteiger partial charge in [0.05, 0.1) is 11.9 Å². The van der Waals surface area contributed by atoms with E-state index in [4.69, 9.17) is 0 Å². The minimum atomic E-state index is 0. The van der Waals surface area contributed by atoms with Crippen molar-refractivity contribution >= 4 is 50.9 Å². The van der Waals surface area contributed by atoms with Gasteiger partial charge in [0.25, 0.3) is 0 Å². The second kappa shape index (κ2) is 8.82. The summed E-state index contributed by atoms with van der Waals surface area (Å²) in [6.07, 6.45) is 0. The zero-order valence-electron chi connectivity index (χ0n) is 1.36. The van der Waals surface area contributed by atoms with Crippen molar-refractivity contribution in [2.75, 3.05) is 0 Å². The molecule has 22 valence electrons. The first kappa shape index (κ1) is 9.19. The number of hydrogen-bond acceptors (Lipinski definition) is 1. The summed E-state index contributed by atoms with van der Waals surface area (Å²) in [7, 11) is 1.84. The molecule has 0 radical (unpaired) electrons. The van der Waals surface area contributed by atoms with Crippen LogP contribution in [-0.2, 0) is 4.08 Å². The molecule has 0 fully saturated rings. The Morgan fingerprint density at radius 3 is 1.75 bits per heavy atom. The van der Waals surface area contributed by atoms with Crippen LogP contribution in [0.1, 0.15) is 0 Å². The zero-order chi connectivity index (χ0) is 2.71. The Morgan fingerprint density at radius 1 is 1.75 bits per heavy atom. The molecule has 1 atom stereocenters. The molecule has 0 saturated carbocycles. The zero-order valence-corrected chi connectivity index (χ0v) is 3.27. The van der Waals surface area contributed by atoms with Crippen LogP contribution in [0.4, 0.5) is 0 Å². The number of halogens is 1. The number of rotatable bonds is 0. The maximum absolute atomic E-state index is 4.46. The van der Waals surface area contributed by atoms with Gasteiger partial charge in [0.15, 0.2) is 0 Å². The molecule has 0 heterocycles. The summed E-state index contributed by atoms with van der Waals surface area (Å²) in [6, 6.07) is 0. The summed E-state index contributed by atoms with van der Waals surface area (Å²) >= 11 is 4.46. The summed E-state index contributed by atoms with van der Waals surface area (Å²) in [4.78, 5) is 0. The molecule has 4 heavy (non-hydrogen) atoms.